The smallest absolute Gasteiger partial charge is 0.221 e. The van der Waals surface area contributed by atoms with E-state index in [0.717, 1.165) is 17.3 Å². The van der Waals surface area contributed by atoms with Gasteiger partial charge in [0.05, 0.1) is 13.2 Å². The molecular weight excluding hydrogens is 334 g/mol. The molecule has 2 rings (SSSR count). The van der Waals surface area contributed by atoms with Gasteiger partial charge in [0.15, 0.2) is 0 Å². The Bertz CT molecular complexity index is 656. The maximum Gasteiger partial charge on any atom is 0.221 e. The molecule has 0 aliphatic rings. The van der Waals surface area contributed by atoms with Crippen LogP contribution in [0.1, 0.15) is 18.9 Å². The first-order valence-corrected chi connectivity index (χ1v) is 9.31. The number of rotatable bonds is 9. The van der Waals surface area contributed by atoms with Gasteiger partial charge in [0, 0.05) is 17.1 Å². The molecule has 0 radical (unpaired) electrons. The van der Waals surface area contributed by atoms with Gasteiger partial charge < -0.3 is 14.8 Å². The fraction of sp³-hybridized carbons (Fsp3) is 0.350. The highest BCUT2D eigenvalue weighted by Crippen LogP contribution is 2.19. The van der Waals surface area contributed by atoms with Crippen LogP contribution < -0.4 is 14.8 Å². The Morgan fingerprint density at radius 2 is 1.72 bits per heavy atom. The molecule has 2 aromatic carbocycles. The van der Waals surface area contributed by atoms with Crippen LogP contribution in [-0.2, 0) is 4.79 Å². The van der Waals surface area contributed by atoms with E-state index >= 15 is 0 Å². The SMILES string of the molecule is COc1ccc(OC[C@@H](C)NC(=O)CCSc2ccc(C)cc2)cc1. The van der Waals surface area contributed by atoms with Gasteiger partial charge in [0.1, 0.15) is 18.1 Å². The van der Waals surface area contributed by atoms with Crippen molar-refractivity contribution in [2.45, 2.75) is 31.2 Å². The largest absolute Gasteiger partial charge is 0.497 e. The first-order chi connectivity index (χ1) is 12.1. The fourth-order valence-corrected chi connectivity index (χ4v) is 3.03. The number of ether oxygens (including phenoxy) is 2. The van der Waals surface area contributed by atoms with Crippen LogP contribution in [0.5, 0.6) is 11.5 Å². The van der Waals surface area contributed by atoms with Gasteiger partial charge in [0.2, 0.25) is 5.91 Å². The Kier molecular flexibility index (Phi) is 7.67. The summed E-state index contributed by atoms with van der Waals surface area (Å²) in [4.78, 5) is 13.2. The first-order valence-electron chi connectivity index (χ1n) is 8.32. The standard InChI is InChI=1S/C20H25NO3S/c1-15-4-10-19(11-5-15)25-13-12-20(22)21-16(2)14-24-18-8-6-17(23-3)7-9-18/h4-11,16H,12-14H2,1-3H3,(H,21,22)/t16-/m1/s1. The number of methoxy groups -OCH3 is 1. The van der Waals surface area contributed by atoms with Gasteiger partial charge in [-0.15, -0.1) is 11.8 Å². The van der Waals surface area contributed by atoms with E-state index in [4.69, 9.17) is 9.47 Å². The van der Waals surface area contributed by atoms with Crippen LogP contribution in [0.15, 0.2) is 53.4 Å². The second-order valence-corrected chi connectivity index (χ2v) is 7.03. The summed E-state index contributed by atoms with van der Waals surface area (Å²) in [7, 11) is 1.63. The highest BCUT2D eigenvalue weighted by atomic mass is 32.2. The van der Waals surface area contributed by atoms with Crippen LogP contribution in [0.3, 0.4) is 0 Å². The summed E-state index contributed by atoms with van der Waals surface area (Å²) in [5, 5.41) is 2.97. The number of hydrogen-bond acceptors (Lipinski definition) is 4. The zero-order valence-corrected chi connectivity index (χ0v) is 15.8. The third kappa shape index (κ3) is 7.10. The van der Waals surface area contributed by atoms with Crippen LogP contribution in [-0.4, -0.2) is 31.4 Å². The van der Waals surface area contributed by atoms with Gasteiger partial charge in [-0.1, -0.05) is 17.7 Å². The van der Waals surface area contributed by atoms with E-state index < -0.39 is 0 Å². The van der Waals surface area contributed by atoms with Crippen molar-refractivity contribution in [2.75, 3.05) is 19.5 Å². The zero-order chi connectivity index (χ0) is 18.1. The van der Waals surface area contributed by atoms with Crippen molar-refractivity contribution in [1.29, 1.82) is 0 Å². The Morgan fingerprint density at radius 1 is 1.08 bits per heavy atom. The molecule has 0 aliphatic carbocycles. The van der Waals surface area contributed by atoms with E-state index in [1.165, 1.54) is 10.5 Å². The third-order valence-electron chi connectivity index (χ3n) is 3.59. The molecule has 0 saturated heterocycles. The fourth-order valence-electron chi connectivity index (χ4n) is 2.18. The van der Waals surface area contributed by atoms with E-state index in [0.29, 0.717) is 13.0 Å². The summed E-state index contributed by atoms with van der Waals surface area (Å²) in [5.74, 6) is 2.36. The van der Waals surface area contributed by atoms with E-state index in [1.54, 1.807) is 18.9 Å². The van der Waals surface area contributed by atoms with Crippen molar-refractivity contribution >= 4 is 17.7 Å². The van der Waals surface area contributed by atoms with Crippen LogP contribution >= 0.6 is 11.8 Å². The van der Waals surface area contributed by atoms with E-state index in [2.05, 4.69) is 36.5 Å². The Balaban J connectivity index is 1.64. The first kappa shape index (κ1) is 19.2. The van der Waals surface area contributed by atoms with Gasteiger partial charge in [0.25, 0.3) is 0 Å². The molecule has 0 bridgehead atoms. The van der Waals surface area contributed by atoms with Gasteiger partial charge >= 0.3 is 0 Å². The molecule has 0 aromatic heterocycles. The number of benzene rings is 2. The monoisotopic (exact) mass is 359 g/mol. The van der Waals surface area contributed by atoms with Gasteiger partial charge in [-0.25, -0.2) is 0 Å². The molecule has 1 atom stereocenters. The number of hydrogen-bond donors (Lipinski definition) is 1. The zero-order valence-electron chi connectivity index (χ0n) is 15.0. The van der Waals surface area contributed by atoms with Crippen LogP contribution in [0.25, 0.3) is 0 Å². The van der Waals surface area contributed by atoms with Gasteiger partial charge in [-0.3, -0.25) is 4.79 Å². The third-order valence-corrected chi connectivity index (χ3v) is 4.60. The Hall–Kier alpha value is -2.14. The highest BCUT2D eigenvalue weighted by Gasteiger charge is 2.08. The van der Waals surface area contributed by atoms with Crippen molar-refractivity contribution in [3.05, 3.63) is 54.1 Å². The lowest BCUT2D eigenvalue weighted by Crippen LogP contribution is -2.36. The minimum Gasteiger partial charge on any atom is -0.497 e. The molecule has 4 nitrogen and oxygen atoms in total. The molecule has 1 amide bonds. The summed E-state index contributed by atoms with van der Waals surface area (Å²) in [6.07, 6.45) is 0.491. The van der Waals surface area contributed by atoms with Crippen LogP contribution in [0, 0.1) is 6.92 Å². The number of carbonyl (C=O) groups excluding carboxylic acids is 1. The molecule has 25 heavy (non-hydrogen) atoms. The molecule has 1 N–H and O–H groups in total. The summed E-state index contributed by atoms with van der Waals surface area (Å²) >= 11 is 1.69. The Morgan fingerprint density at radius 3 is 2.36 bits per heavy atom. The lowest BCUT2D eigenvalue weighted by molar-refractivity contribution is -0.121. The summed E-state index contributed by atoms with van der Waals surface area (Å²) in [5.41, 5.74) is 1.24. The molecule has 0 saturated carbocycles. The summed E-state index contributed by atoms with van der Waals surface area (Å²) in [6.45, 7) is 4.44. The predicted octanol–water partition coefficient (Wildman–Crippen LogP) is 4.07. The molecule has 134 valence electrons. The second-order valence-electron chi connectivity index (χ2n) is 5.87. The van der Waals surface area contributed by atoms with Gasteiger partial charge in [-0.05, 0) is 50.2 Å². The number of aryl methyl sites for hydroxylation is 1. The molecule has 0 unspecified atom stereocenters. The lowest BCUT2D eigenvalue weighted by atomic mass is 10.2. The Labute approximate surface area is 153 Å². The van der Waals surface area contributed by atoms with Crippen molar-refractivity contribution in [3.63, 3.8) is 0 Å². The highest BCUT2D eigenvalue weighted by molar-refractivity contribution is 7.99. The van der Waals surface area contributed by atoms with Crippen LogP contribution in [0.4, 0.5) is 0 Å². The second kappa shape index (κ2) is 9.99. The summed E-state index contributed by atoms with van der Waals surface area (Å²) in [6, 6.07) is 15.7. The molecular formula is C20H25NO3S. The van der Waals surface area contributed by atoms with Gasteiger partial charge in [-0.2, -0.15) is 0 Å². The molecule has 0 spiro atoms. The number of thioether (sulfide) groups is 1. The number of nitrogens with one attached hydrogen (secondary N) is 1. The number of amides is 1. The lowest BCUT2D eigenvalue weighted by Gasteiger charge is -2.15. The minimum atomic E-state index is -0.0426. The van der Waals surface area contributed by atoms with E-state index in [9.17, 15) is 4.79 Å². The molecule has 0 aliphatic heterocycles. The quantitative estimate of drug-likeness (QED) is 0.686. The van der Waals surface area contributed by atoms with E-state index in [-0.39, 0.29) is 11.9 Å². The average Bonchev–Trinajstić information content (AvgIpc) is 2.62. The molecule has 0 fully saturated rings. The molecule has 2 aromatic rings. The van der Waals surface area contributed by atoms with Crippen molar-refractivity contribution < 1.29 is 14.3 Å². The molecule has 5 heteroatoms. The van der Waals surface area contributed by atoms with Crippen molar-refractivity contribution in [2.24, 2.45) is 0 Å². The van der Waals surface area contributed by atoms with E-state index in [1.807, 2.05) is 31.2 Å². The minimum absolute atomic E-state index is 0.0426. The van der Waals surface area contributed by atoms with Crippen LogP contribution in [0.2, 0.25) is 0 Å². The number of carbonyl (C=O) groups is 1. The topological polar surface area (TPSA) is 47.6 Å². The predicted molar refractivity (Wildman–Crippen MR) is 103 cm³/mol. The average molecular weight is 359 g/mol. The molecule has 0 heterocycles. The normalized spacial score (nSPS) is 11.6. The maximum absolute atomic E-state index is 12.0. The maximum atomic E-state index is 12.0. The van der Waals surface area contributed by atoms with Crippen molar-refractivity contribution in [1.82, 2.24) is 5.32 Å². The van der Waals surface area contributed by atoms with Crippen molar-refractivity contribution in [3.8, 4) is 11.5 Å². The summed E-state index contributed by atoms with van der Waals surface area (Å²) < 4.78 is 10.8.